The Balaban J connectivity index is 2.37. The van der Waals surface area contributed by atoms with Crippen LogP contribution in [0.25, 0.3) is 0 Å². The molecule has 8 heteroatoms. The van der Waals surface area contributed by atoms with Crippen molar-refractivity contribution in [2.24, 2.45) is 0 Å². The van der Waals surface area contributed by atoms with Crippen LogP contribution < -0.4 is 10.6 Å². The van der Waals surface area contributed by atoms with Crippen molar-refractivity contribution < 1.29 is 14.4 Å². The quantitative estimate of drug-likeness (QED) is 0.731. The molecule has 0 saturated carbocycles. The maximum Gasteiger partial charge on any atom is 0.254 e. The van der Waals surface area contributed by atoms with Crippen molar-refractivity contribution in [3.63, 3.8) is 0 Å². The topological polar surface area (TPSA) is 78.5 Å². The number of hydrogen-bond donors (Lipinski definition) is 2. The fourth-order valence-electron chi connectivity index (χ4n) is 2.73. The summed E-state index contributed by atoms with van der Waals surface area (Å²) in [6.07, 6.45) is 0. The van der Waals surface area contributed by atoms with Crippen LogP contribution in [0.1, 0.15) is 42.7 Å². The summed E-state index contributed by atoms with van der Waals surface area (Å²) in [6, 6.07) is 9.48. The van der Waals surface area contributed by atoms with Crippen LogP contribution in [0.15, 0.2) is 36.4 Å². The van der Waals surface area contributed by atoms with Crippen molar-refractivity contribution in [2.45, 2.75) is 26.8 Å². The molecule has 0 aliphatic rings. The van der Waals surface area contributed by atoms with Gasteiger partial charge in [0.05, 0.1) is 6.04 Å². The third-order valence-corrected chi connectivity index (χ3v) is 4.70. The number of carbonyl (C=O) groups is 3. The van der Waals surface area contributed by atoms with Gasteiger partial charge in [-0.2, -0.15) is 0 Å². The minimum atomic E-state index is -0.328. The molecule has 1 unspecified atom stereocenters. The van der Waals surface area contributed by atoms with Crippen LogP contribution in [0.4, 0.5) is 11.4 Å². The molecule has 148 valence electrons. The minimum Gasteiger partial charge on any atom is -0.335 e. The third kappa shape index (κ3) is 5.47. The summed E-state index contributed by atoms with van der Waals surface area (Å²) in [4.78, 5) is 37.4. The van der Waals surface area contributed by atoms with Gasteiger partial charge in [0.25, 0.3) is 5.91 Å². The predicted octanol–water partition coefficient (Wildman–Crippen LogP) is 4.74. The molecule has 2 rings (SSSR count). The van der Waals surface area contributed by atoms with Crippen LogP contribution in [0.2, 0.25) is 10.0 Å². The number of nitrogens with one attached hydrogen (secondary N) is 2. The first kappa shape index (κ1) is 21.7. The lowest BCUT2D eigenvalue weighted by molar-refractivity contribution is -0.115. The SMILES string of the molecule is CC(=O)Nc1cc(NC(C)=O)cc(C(=O)N(C)C(C)c2ccc(Cl)cc2Cl)c1. The molecule has 0 radical (unpaired) electrons. The minimum absolute atomic E-state index is 0.284. The zero-order chi connectivity index (χ0) is 21.0. The van der Waals surface area contributed by atoms with Gasteiger partial charge < -0.3 is 15.5 Å². The molecular formula is C20H21Cl2N3O3. The molecule has 28 heavy (non-hydrogen) atoms. The van der Waals surface area contributed by atoms with Crippen LogP contribution in [-0.2, 0) is 9.59 Å². The lowest BCUT2D eigenvalue weighted by atomic mass is 10.1. The molecule has 6 nitrogen and oxygen atoms in total. The molecule has 0 aliphatic heterocycles. The Labute approximate surface area is 173 Å². The first-order valence-corrected chi connectivity index (χ1v) is 9.26. The summed E-state index contributed by atoms with van der Waals surface area (Å²) < 4.78 is 0. The maximum atomic E-state index is 13.0. The fourth-order valence-corrected chi connectivity index (χ4v) is 3.30. The monoisotopic (exact) mass is 421 g/mol. The van der Waals surface area contributed by atoms with E-state index in [1.54, 1.807) is 43.4 Å². The third-order valence-electron chi connectivity index (χ3n) is 4.13. The highest BCUT2D eigenvalue weighted by atomic mass is 35.5. The molecule has 2 aromatic rings. The summed E-state index contributed by atoms with van der Waals surface area (Å²) in [6.45, 7) is 4.58. The molecule has 0 aliphatic carbocycles. The Morgan fingerprint density at radius 3 is 1.93 bits per heavy atom. The number of nitrogens with zero attached hydrogens (tertiary/aromatic N) is 1. The van der Waals surface area contributed by atoms with Crippen LogP contribution in [0.3, 0.4) is 0 Å². The van der Waals surface area contributed by atoms with Crippen molar-refractivity contribution in [2.75, 3.05) is 17.7 Å². The van der Waals surface area contributed by atoms with Crippen LogP contribution in [0, 0.1) is 0 Å². The van der Waals surface area contributed by atoms with Gasteiger partial charge in [-0.15, -0.1) is 0 Å². The van der Waals surface area contributed by atoms with Gasteiger partial charge in [0.1, 0.15) is 0 Å². The van der Waals surface area contributed by atoms with Gasteiger partial charge in [0, 0.05) is 47.9 Å². The van der Waals surface area contributed by atoms with Gasteiger partial charge in [-0.1, -0.05) is 29.3 Å². The van der Waals surface area contributed by atoms with Crippen molar-refractivity contribution >= 4 is 52.3 Å². The number of halogens is 2. The van der Waals surface area contributed by atoms with E-state index in [9.17, 15) is 14.4 Å². The number of anilines is 2. The zero-order valence-corrected chi connectivity index (χ0v) is 17.5. The Kier molecular flexibility index (Phi) is 7.05. The van der Waals surface area contributed by atoms with E-state index in [4.69, 9.17) is 23.2 Å². The molecular weight excluding hydrogens is 401 g/mol. The van der Waals surface area contributed by atoms with E-state index in [-0.39, 0.29) is 23.8 Å². The second kappa shape index (κ2) is 9.08. The number of hydrogen-bond acceptors (Lipinski definition) is 3. The van der Waals surface area contributed by atoms with Crippen LogP contribution in [-0.4, -0.2) is 29.7 Å². The van der Waals surface area contributed by atoms with Gasteiger partial charge in [0.2, 0.25) is 11.8 Å². The summed E-state index contributed by atoms with van der Waals surface area (Å²) in [5, 5.41) is 6.24. The maximum absolute atomic E-state index is 13.0. The Morgan fingerprint density at radius 1 is 0.929 bits per heavy atom. The molecule has 3 amide bonds. The van der Waals surface area contributed by atoms with E-state index in [2.05, 4.69) is 10.6 Å². The fraction of sp³-hybridized carbons (Fsp3) is 0.250. The molecule has 2 N–H and O–H groups in total. The molecule has 0 aromatic heterocycles. The summed E-state index contributed by atoms with van der Waals surface area (Å²) in [7, 11) is 1.65. The highest BCUT2D eigenvalue weighted by molar-refractivity contribution is 6.35. The second-order valence-corrected chi connectivity index (χ2v) is 7.26. The van der Waals surface area contributed by atoms with Gasteiger partial charge in [-0.3, -0.25) is 14.4 Å². The average Bonchev–Trinajstić information content (AvgIpc) is 2.58. The molecule has 0 spiro atoms. The predicted molar refractivity (Wildman–Crippen MR) is 112 cm³/mol. The highest BCUT2D eigenvalue weighted by Gasteiger charge is 2.22. The Hall–Kier alpha value is -2.57. The summed E-state index contributed by atoms with van der Waals surface area (Å²) in [5.74, 6) is -0.863. The van der Waals surface area contributed by atoms with E-state index in [0.717, 1.165) is 5.56 Å². The van der Waals surface area contributed by atoms with Crippen molar-refractivity contribution in [1.29, 1.82) is 0 Å². The smallest absolute Gasteiger partial charge is 0.254 e. The lowest BCUT2D eigenvalue weighted by Crippen LogP contribution is -2.30. The molecule has 1 atom stereocenters. The second-order valence-electron chi connectivity index (χ2n) is 6.42. The molecule has 0 saturated heterocycles. The van der Waals surface area contributed by atoms with Crippen LogP contribution in [0.5, 0.6) is 0 Å². The number of amides is 3. The Bertz CT molecular complexity index is 897. The van der Waals surface area contributed by atoms with E-state index >= 15 is 0 Å². The van der Waals surface area contributed by atoms with E-state index in [0.29, 0.717) is 27.0 Å². The zero-order valence-electron chi connectivity index (χ0n) is 16.0. The highest BCUT2D eigenvalue weighted by Crippen LogP contribution is 2.30. The van der Waals surface area contributed by atoms with Gasteiger partial charge in [-0.25, -0.2) is 0 Å². The first-order valence-electron chi connectivity index (χ1n) is 8.51. The van der Waals surface area contributed by atoms with E-state index < -0.39 is 0 Å². The standard InChI is InChI=1S/C20H21Cl2N3O3/c1-11(18-6-5-15(21)9-19(18)22)25(4)20(28)14-7-16(23-12(2)26)10-17(8-14)24-13(3)27/h5-11H,1-4H3,(H,23,26)(H,24,27). The van der Waals surface area contributed by atoms with E-state index in [1.165, 1.54) is 18.7 Å². The number of carbonyl (C=O) groups excluding carboxylic acids is 3. The van der Waals surface area contributed by atoms with Crippen molar-refractivity contribution in [3.05, 3.63) is 57.6 Å². The van der Waals surface area contributed by atoms with Crippen molar-refractivity contribution in [3.8, 4) is 0 Å². The van der Waals surface area contributed by atoms with Crippen molar-refractivity contribution in [1.82, 2.24) is 4.90 Å². The normalized spacial score (nSPS) is 11.5. The van der Waals surface area contributed by atoms with Gasteiger partial charge in [0.15, 0.2) is 0 Å². The van der Waals surface area contributed by atoms with E-state index in [1.807, 2.05) is 6.92 Å². The van der Waals surface area contributed by atoms with Gasteiger partial charge >= 0.3 is 0 Å². The number of benzene rings is 2. The van der Waals surface area contributed by atoms with Crippen LogP contribution >= 0.6 is 23.2 Å². The largest absolute Gasteiger partial charge is 0.335 e. The van der Waals surface area contributed by atoms with Gasteiger partial charge in [-0.05, 0) is 42.8 Å². The molecule has 2 aromatic carbocycles. The first-order chi connectivity index (χ1) is 13.1. The lowest BCUT2D eigenvalue weighted by Gasteiger charge is -2.26. The molecule has 0 bridgehead atoms. The summed E-state index contributed by atoms with van der Waals surface area (Å²) >= 11 is 12.2. The summed E-state index contributed by atoms with van der Waals surface area (Å²) in [5.41, 5.74) is 1.89. The molecule has 0 fully saturated rings. The molecule has 0 heterocycles. The Morgan fingerprint density at radius 2 is 1.46 bits per heavy atom. The average molecular weight is 422 g/mol. The number of rotatable bonds is 5.